The Kier molecular flexibility index (Phi) is 3.17. The highest BCUT2D eigenvalue weighted by atomic mass is 16.1. The Morgan fingerprint density at radius 3 is 3.06 bits per heavy atom. The number of fused-ring (bicyclic) bond motifs is 1. The van der Waals surface area contributed by atoms with E-state index in [1.165, 1.54) is 6.33 Å². The molecule has 0 aliphatic rings. The van der Waals surface area contributed by atoms with Crippen LogP contribution < -0.4 is 11.1 Å². The summed E-state index contributed by atoms with van der Waals surface area (Å²) in [6.45, 7) is 2.86. The fourth-order valence-corrected chi connectivity index (χ4v) is 1.49. The smallest absolute Gasteiger partial charge is 0.240 e. The number of anilines is 1. The first-order chi connectivity index (χ1) is 8.22. The van der Waals surface area contributed by atoms with Crippen molar-refractivity contribution in [3.8, 4) is 0 Å². The molecular formula is C10H14N6O. The Morgan fingerprint density at radius 1 is 1.47 bits per heavy atom. The van der Waals surface area contributed by atoms with Gasteiger partial charge < -0.3 is 15.6 Å². The van der Waals surface area contributed by atoms with Gasteiger partial charge in [-0.25, -0.2) is 15.0 Å². The van der Waals surface area contributed by atoms with E-state index in [9.17, 15) is 4.79 Å². The van der Waals surface area contributed by atoms with Gasteiger partial charge in [-0.3, -0.25) is 4.79 Å². The van der Waals surface area contributed by atoms with Crippen LogP contribution in [0.5, 0.6) is 0 Å². The quantitative estimate of drug-likeness (QED) is 0.771. The molecule has 17 heavy (non-hydrogen) atoms. The van der Waals surface area contributed by atoms with Crippen molar-refractivity contribution in [2.24, 2.45) is 0 Å². The minimum atomic E-state index is -0.0664. The SMILES string of the molecule is CCCNC(=O)Cn1cnc2c(N)ncnc21. The molecule has 0 saturated heterocycles. The van der Waals surface area contributed by atoms with E-state index >= 15 is 0 Å². The molecule has 0 saturated carbocycles. The molecule has 2 rings (SSSR count). The average molecular weight is 234 g/mol. The van der Waals surface area contributed by atoms with E-state index in [4.69, 9.17) is 5.73 Å². The molecular weight excluding hydrogens is 220 g/mol. The molecule has 7 nitrogen and oxygen atoms in total. The monoisotopic (exact) mass is 234 g/mol. The molecule has 0 aromatic carbocycles. The van der Waals surface area contributed by atoms with Crippen molar-refractivity contribution in [1.29, 1.82) is 0 Å². The van der Waals surface area contributed by atoms with Crippen LogP contribution >= 0.6 is 0 Å². The lowest BCUT2D eigenvalue weighted by atomic mass is 10.4. The summed E-state index contributed by atoms with van der Waals surface area (Å²) in [5, 5.41) is 2.79. The maximum absolute atomic E-state index is 11.6. The highest BCUT2D eigenvalue weighted by Crippen LogP contribution is 2.13. The fourth-order valence-electron chi connectivity index (χ4n) is 1.49. The van der Waals surface area contributed by atoms with Gasteiger partial charge in [-0.2, -0.15) is 0 Å². The number of nitrogens with zero attached hydrogens (tertiary/aromatic N) is 4. The standard InChI is InChI=1S/C10H14N6O/c1-2-3-12-7(17)4-16-6-15-8-9(11)13-5-14-10(8)16/h5-6H,2-4H2,1H3,(H,12,17)(H2,11,13,14). The van der Waals surface area contributed by atoms with Gasteiger partial charge in [0.1, 0.15) is 18.4 Å². The maximum atomic E-state index is 11.6. The molecule has 0 aliphatic carbocycles. The molecule has 1 amide bonds. The number of hydrogen-bond acceptors (Lipinski definition) is 5. The first kappa shape index (κ1) is 11.3. The minimum Gasteiger partial charge on any atom is -0.382 e. The van der Waals surface area contributed by atoms with E-state index in [1.807, 2.05) is 6.92 Å². The number of aromatic nitrogens is 4. The molecule has 2 aromatic rings. The molecule has 0 aliphatic heterocycles. The number of imidazole rings is 1. The van der Waals surface area contributed by atoms with Crippen LogP contribution in [-0.4, -0.2) is 32.0 Å². The van der Waals surface area contributed by atoms with E-state index in [0.717, 1.165) is 6.42 Å². The lowest BCUT2D eigenvalue weighted by molar-refractivity contribution is -0.121. The molecule has 2 aromatic heterocycles. The molecule has 0 unspecified atom stereocenters. The molecule has 0 spiro atoms. The Bertz CT molecular complexity index is 535. The van der Waals surface area contributed by atoms with Gasteiger partial charge in [0.2, 0.25) is 5.91 Å². The lowest BCUT2D eigenvalue weighted by Gasteiger charge is -2.04. The molecule has 90 valence electrons. The Hall–Kier alpha value is -2.18. The summed E-state index contributed by atoms with van der Waals surface area (Å²) in [5.74, 6) is 0.256. The number of nitrogen functional groups attached to an aromatic ring is 1. The third-order valence-electron chi connectivity index (χ3n) is 2.32. The van der Waals surface area contributed by atoms with E-state index in [-0.39, 0.29) is 12.5 Å². The molecule has 0 fully saturated rings. The van der Waals surface area contributed by atoms with Gasteiger partial charge in [0.05, 0.1) is 6.33 Å². The van der Waals surface area contributed by atoms with Gasteiger partial charge >= 0.3 is 0 Å². The second-order valence-corrected chi connectivity index (χ2v) is 3.65. The molecule has 0 radical (unpaired) electrons. The largest absolute Gasteiger partial charge is 0.382 e. The summed E-state index contributed by atoms with van der Waals surface area (Å²) in [5.41, 5.74) is 6.75. The lowest BCUT2D eigenvalue weighted by Crippen LogP contribution is -2.27. The van der Waals surface area contributed by atoms with Gasteiger partial charge in [-0.05, 0) is 6.42 Å². The summed E-state index contributed by atoms with van der Waals surface area (Å²) >= 11 is 0. The number of carbonyl (C=O) groups excluding carboxylic acids is 1. The van der Waals surface area contributed by atoms with Crippen molar-refractivity contribution >= 4 is 22.9 Å². The van der Waals surface area contributed by atoms with E-state index in [0.29, 0.717) is 23.5 Å². The van der Waals surface area contributed by atoms with Gasteiger partial charge in [0, 0.05) is 6.54 Å². The number of amides is 1. The third kappa shape index (κ3) is 2.32. The van der Waals surface area contributed by atoms with E-state index in [2.05, 4.69) is 20.3 Å². The van der Waals surface area contributed by atoms with Crippen LogP contribution in [0.25, 0.3) is 11.2 Å². The van der Waals surface area contributed by atoms with Crippen LogP contribution in [0, 0.1) is 0 Å². The molecule has 3 N–H and O–H groups in total. The molecule has 0 atom stereocenters. The molecule has 7 heteroatoms. The van der Waals surface area contributed by atoms with Crippen LogP contribution in [0.1, 0.15) is 13.3 Å². The average Bonchev–Trinajstić information content (AvgIpc) is 2.71. The summed E-state index contributed by atoms with van der Waals surface area (Å²) in [6.07, 6.45) is 3.81. The number of nitrogens with two attached hydrogens (primary N) is 1. The van der Waals surface area contributed by atoms with Gasteiger partial charge in [0.25, 0.3) is 0 Å². The highest BCUT2D eigenvalue weighted by Gasteiger charge is 2.10. The zero-order chi connectivity index (χ0) is 12.3. The van der Waals surface area contributed by atoms with Crippen molar-refractivity contribution in [2.75, 3.05) is 12.3 Å². The predicted octanol–water partition coefficient (Wildman–Crippen LogP) is -0.0653. The van der Waals surface area contributed by atoms with Crippen LogP contribution in [0.3, 0.4) is 0 Å². The number of carbonyl (C=O) groups is 1. The van der Waals surface area contributed by atoms with Crippen LogP contribution in [0.15, 0.2) is 12.7 Å². The normalized spacial score (nSPS) is 10.6. The van der Waals surface area contributed by atoms with Crippen molar-refractivity contribution < 1.29 is 4.79 Å². The Morgan fingerprint density at radius 2 is 2.29 bits per heavy atom. The first-order valence-corrected chi connectivity index (χ1v) is 5.40. The highest BCUT2D eigenvalue weighted by molar-refractivity contribution is 5.83. The number of nitrogens with one attached hydrogen (secondary N) is 1. The summed E-state index contributed by atoms with van der Waals surface area (Å²) < 4.78 is 1.65. The number of rotatable bonds is 4. The minimum absolute atomic E-state index is 0.0664. The van der Waals surface area contributed by atoms with Crippen molar-refractivity contribution in [3.63, 3.8) is 0 Å². The summed E-state index contributed by atoms with van der Waals surface area (Å²) in [7, 11) is 0. The maximum Gasteiger partial charge on any atom is 0.240 e. The zero-order valence-corrected chi connectivity index (χ0v) is 9.55. The zero-order valence-electron chi connectivity index (χ0n) is 9.55. The van der Waals surface area contributed by atoms with E-state index in [1.54, 1.807) is 10.9 Å². The Labute approximate surface area is 98.1 Å². The molecule has 2 heterocycles. The van der Waals surface area contributed by atoms with Crippen molar-refractivity contribution in [1.82, 2.24) is 24.8 Å². The van der Waals surface area contributed by atoms with Crippen LogP contribution in [-0.2, 0) is 11.3 Å². The van der Waals surface area contributed by atoms with Crippen LogP contribution in [0.4, 0.5) is 5.82 Å². The second-order valence-electron chi connectivity index (χ2n) is 3.65. The fraction of sp³-hybridized carbons (Fsp3) is 0.400. The van der Waals surface area contributed by atoms with Gasteiger partial charge in [-0.15, -0.1) is 0 Å². The van der Waals surface area contributed by atoms with Crippen molar-refractivity contribution in [2.45, 2.75) is 19.9 Å². The van der Waals surface area contributed by atoms with E-state index < -0.39 is 0 Å². The predicted molar refractivity (Wildman–Crippen MR) is 63.0 cm³/mol. The van der Waals surface area contributed by atoms with Gasteiger partial charge in [0.15, 0.2) is 11.5 Å². The van der Waals surface area contributed by atoms with Crippen LogP contribution in [0.2, 0.25) is 0 Å². The summed E-state index contributed by atoms with van der Waals surface area (Å²) in [4.78, 5) is 23.6. The Balaban J connectivity index is 2.19. The third-order valence-corrected chi connectivity index (χ3v) is 2.32. The molecule has 0 bridgehead atoms. The first-order valence-electron chi connectivity index (χ1n) is 5.40. The number of hydrogen-bond donors (Lipinski definition) is 2. The van der Waals surface area contributed by atoms with Gasteiger partial charge in [-0.1, -0.05) is 6.92 Å². The summed E-state index contributed by atoms with van der Waals surface area (Å²) in [6, 6.07) is 0. The topological polar surface area (TPSA) is 98.7 Å². The second kappa shape index (κ2) is 4.77. The van der Waals surface area contributed by atoms with Crippen molar-refractivity contribution in [3.05, 3.63) is 12.7 Å².